The molecule has 4 nitrogen and oxygen atoms in total. The van der Waals surface area contributed by atoms with Gasteiger partial charge in [0.05, 0.1) is 5.75 Å². The molecule has 0 spiro atoms. The summed E-state index contributed by atoms with van der Waals surface area (Å²) in [4.78, 5) is 21.5. The van der Waals surface area contributed by atoms with Gasteiger partial charge in [0, 0.05) is 18.7 Å². The molecule has 0 fully saturated rings. The maximum absolute atomic E-state index is 11.2. The van der Waals surface area contributed by atoms with Crippen LogP contribution in [0.25, 0.3) is 0 Å². The first kappa shape index (κ1) is 14.0. The summed E-state index contributed by atoms with van der Waals surface area (Å²) in [6.07, 6.45) is 1.82. The summed E-state index contributed by atoms with van der Waals surface area (Å²) in [5.74, 6) is 0.219. The molecule has 0 aromatic heterocycles. The largest absolute Gasteiger partial charge is 0.481 e. The number of aliphatic carboxylic acids is 1. The van der Waals surface area contributed by atoms with Gasteiger partial charge in [0.15, 0.2) is 0 Å². The monoisotopic (exact) mass is 231 g/mol. The van der Waals surface area contributed by atoms with Crippen molar-refractivity contribution in [2.24, 2.45) is 5.92 Å². The second-order valence-electron chi connectivity index (χ2n) is 3.31. The molecule has 0 heterocycles. The molecular weight excluding hydrogens is 214 g/mol. The van der Waals surface area contributed by atoms with Crippen molar-refractivity contribution >= 4 is 23.6 Å². The van der Waals surface area contributed by atoms with E-state index in [4.69, 9.17) is 5.11 Å². The van der Waals surface area contributed by atoms with Crippen LogP contribution in [-0.2, 0) is 9.59 Å². The molecule has 0 aliphatic carbocycles. The van der Waals surface area contributed by atoms with E-state index in [2.05, 4.69) is 11.9 Å². The third-order valence-electron chi connectivity index (χ3n) is 1.64. The van der Waals surface area contributed by atoms with E-state index >= 15 is 0 Å². The number of carboxylic acid groups (broad SMARTS) is 1. The number of thioether (sulfide) groups is 1. The Morgan fingerprint density at radius 2 is 2.27 bits per heavy atom. The lowest BCUT2D eigenvalue weighted by Crippen LogP contribution is -2.30. The summed E-state index contributed by atoms with van der Waals surface area (Å²) < 4.78 is 0. The van der Waals surface area contributed by atoms with E-state index in [-0.39, 0.29) is 18.2 Å². The van der Waals surface area contributed by atoms with Crippen molar-refractivity contribution < 1.29 is 14.7 Å². The highest BCUT2D eigenvalue weighted by molar-refractivity contribution is 8.00. The molecule has 0 rings (SSSR count). The Hall–Kier alpha value is -0.970. The number of carboxylic acids is 1. The number of hydrogen-bond donors (Lipinski definition) is 2. The zero-order valence-electron chi connectivity index (χ0n) is 8.86. The fraction of sp³-hybridized carbons (Fsp3) is 0.600. The van der Waals surface area contributed by atoms with Crippen LogP contribution in [0.5, 0.6) is 0 Å². The zero-order valence-corrected chi connectivity index (χ0v) is 9.68. The quantitative estimate of drug-likeness (QED) is 0.485. The Morgan fingerprint density at radius 3 is 2.80 bits per heavy atom. The second kappa shape index (κ2) is 8.35. The van der Waals surface area contributed by atoms with Crippen molar-refractivity contribution in [3.63, 3.8) is 0 Å². The summed E-state index contributed by atoms with van der Waals surface area (Å²) in [5, 5.41) is 11.2. The maximum Gasteiger partial charge on any atom is 0.303 e. The van der Waals surface area contributed by atoms with Crippen molar-refractivity contribution in [3.8, 4) is 0 Å². The summed E-state index contributed by atoms with van der Waals surface area (Å²) in [6, 6.07) is 0. The van der Waals surface area contributed by atoms with Crippen molar-refractivity contribution in [3.05, 3.63) is 12.7 Å². The highest BCUT2D eigenvalue weighted by atomic mass is 32.2. The Kier molecular flexibility index (Phi) is 7.81. The van der Waals surface area contributed by atoms with Crippen LogP contribution in [0.1, 0.15) is 13.3 Å². The zero-order chi connectivity index (χ0) is 11.7. The smallest absolute Gasteiger partial charge is 0.303 e. The van der Waals surface area contributed by atoms with Crippen LogP contribution in [0.3, 0.4) is 0 Å². The van der Waals surface area contributed by atoms with Gasteiger partial charge in [-0.1, -0.05) is 13.0 Å². The van der Waals surface area contributed by atoms with Crippen LogP contribution < -0.4 is 5.32 Å². The highest BCUT2D eigenvalue weighted by Crippen LogP contribution is 2.01. The van der Waals surface area contributed by atoms with E-state index in [1.54, 1.807) is 13.0 Å². The molecule has 86 valence electrons. The Balaban J connectivity index is 3.52. The third kappa shape index (κ3) is 9.34. The van der Waals surface area contributed by atoms with E-state index in [1.165, 1.54) is 11.8 Å². The van der Waals surface area contributed by atoms with Gasteiger partial charge in [-0.25, -0.2) is 0 Å². The van der Waals surface area contributed by atoms with Crippen LogP contribution in [0.4, 0.5) is 0 Å². The molecule has 0 aromatic carbocycles. The molecule has 0 radical (unpaired) electrons. The summed E-state index contributed by atoms with van der Waals surface area (Å²) >= 11 is 1.48. The fourth-order valence-electron chi connectivity index (χ4n) is 0.944. The van der Waals surface area contributed by atoms with Gasteiger partial charge in [-0.15, -0.1) is 18.3 Å². The first-order valence-electron chi connectivity index (χ1n) is 4.73. The van der Waals surface area contributed by atoms with E-state index in [9.17, 15) is 9.59 Å². The average molecular weight is 231 g/mol. The Morgan fingerprint density at radius 1 is 1.60 bits per heavy atom. The predicted molar refractivity (Wildman–Crippen MR) is 61.9 cm³/mol. The maximum atomic E-state index is 11.2. The van der Waals surface area contributed by atoms with Crippen molar-refractivity contribution in [2.45, 2.75) is 13.3 Å². The Labute approximate surface area is 94.1 Å². The van der Waals surface area contributed by atoms with Crippen LogP contribution >= 0.6 is 11.8 Å². The molecule has 5 heteroatoms. The molecule has 0 saturated heterocycles. The van der Waals surface area contributed by atoms with Crippen LogP contribution in [0, 0.1) is 5.92 Å². The number of carbonyl (C=O) groups excluding carboxylic acids is 1. The van der Waals surface area contributed by atoms with Gasteiger partial charge in [0.25, 0.3) is 0 Å². The van der Waals surface area contributed by atoms with Crippen LogP contribution in [0.2, 0.25) is 0 Å². The molecule has 1 amide bonds. The number of amides is 1. The molecule has 0 saturated carbocycles. The third-order valence-corrected chi connectivity index (χ3v) is 2.58. The van der Waals surface area contributed by atoms with Gasteiger partial charge in [-0.2, -0.15) is 0 Å². The molecule has 1 atom stereocenters. The number of carbonyl (C=O) groups is 2. The summed E-state index contributed by atoms with van der Waals surface area (Å²) in [5.41, 5.74) is 0. The molecule has 2 N–H and O–H groups in total. The molecule has 0 bridgehead atoms. The van der Waals surface area contributed by atoms with Gasteiger partial charge >= 0.3 is 5.97 Å². The van der Waals surface area contributed by atoms with Crippen molar-refractivity contribution in [1.82, 2.24) is 5.32 Å². The normalized spacial score (nSPS) is 11.8. The SMILES string of the molecule is C=CCSCC(=O)NCC(C)CC(=O)O. The number of hydrogen-bond acceptors (Lipinski definition) is 3. The lowest BCUT2D eigenvalue weighted by Gasteiger charge is -2.09. The molecule has 0 aliphatic rings. The van der Waals surface area contributed by atoms with Gasteiger partial charge in [-0.3, -0.25) is 9.59 Å². The standard InChI is InChI=1S/C10H17NO3S/c1-3-4-15-7-9(12)11-6-8(2)5-10(13)14/h3,8H,1,4-7H2,2H3,(H,11,12)(H,13,14). The molecule has 0 aliphatic heterocycles. The molecule has 0 aromatic rings. The van der Waals surface area contributed by atoms with E-state index in [0.29, 0.717) is 12.3 Å². The van der Waals surface area contributed by atoms with E-state index < -0.39 is 5.97 Å². The van der Waals surface area contributed by atoms with Gasteiger partial charge in [0.2, 0.25) is 5.91 Å². The van der Waals surface area contributed by atoms with Crippen LogP contribution in [0.15, 0.2) is 12.7 Å². The van der Waals surface area contributed by atoms with E-state index in [1.807, 2.05) is 0 Å². The lowest BCUT2D eigenvalue weighted by molar-refractivity contribution is -0.138. The molecule has 15 heavy (non-hydrogen) atoms. The molecule has 1 unspecified atom stereocenters. The number of nitrogens with one attached hydrogen (secondary N) is 1. The highest BCUT2D eigenvalue weighted by Gasteiger charge is 2.08. The van der Waals surface area contributed by atoms with Crippen LogP contribution in [-0.4, -0.2) is 35.0 Å². The first-order chi connectivity index (χ1) is 7.06. The topological polar surface area (TPSA) is 66.4 Å². The molecular formula is C10H17NO3S. The van der Waals surface area contributed by atoms with Gasteiger partial charge in [0.1, 0.15) is 0 Å². The fourth-order valence-corrected chi connectivity index (χ4v) is 1.52. The van der Waals surface area contributed by atoms with Gasteiger partial charge in [-0.05, 0) is 5.92 Å². The van der Waals surface area contributed by atoms with Crippen molar-refractivity contribution in [2.75, 3.05) is 18.1 Å². The summed E-state index contributed by atoms with van der Waals surface area (Å²) in [6.45, 7) is 5.76. The van der Waals surface area contributed by atoms with Gasteiger partial charge < -0.3 is 10.4 Å². The average Bonchev–Trinajstić information content (AvgIpc) is 2.14. The second-order valence-corrected chi connectivity index (χ2v) is 4.34. The minimum atomic E-state index is -0.835. The predicted octanol–water partition coefficient (Wildman–Crippen LogP) is 1.13. The first-order valence-corrected chi connectivity index (χ1v) is 5.88. The van der Waals surface area contributed by atoms with E-state index in [0.717, 1.165) is 5.75 Å². The Bertz CT molecular complexity index is 231. The number of rotatable bonds is 8. The minimum Gasteiger partial charge on any atom is -0.481 e. The summed E-state index contributed by atoms with van der Waals surface area (Å²) in [7, 11) is 0. The van der Waals surface area contributed by atoms with Crippen molar-refractivity contribution in [1.29, 1.82) is 0 Å². The lowest BCUT2D eigenvalue weighted by atomic mass is 10.1. The minimum absolute atomic E-state index is 0.0316.